The summed E-state index contributed by atoms with van der Waals surface area (Å²) in [4.78, 5) is 125. The molecule has 0 bridgehead atoms. The highest BCUT2D eigenvalue weighted by Crippen LogP contribution is 2.13. The number of nitrogens with two attached hydrogens (primary N) is 1. The topological polar surface area (TPSA) is 354 Å². The molecule has 55 heavy (non-hydrogen) atoms. The first-order chi connectivity index (χ1) is 26.1. The van der Waals surface area contributed by atoms with Gasteiger partial charge in [-0.3, -0.25) is 47.9 Å². The van der Waals surface area contributed by atoms with Crippen molar-refractivity contribution in [3.05, 3.63) is 29.8 Å². The number of hydrogen-bond acceptors (Lipinski definition) is 13. The monoisotopic (exact) mass is 795 g/mol. The van der Waals surface area contributed by atoms with Crippen LogP contribution in [0.4, 0.5) is 0 Å². The summed E-state index contributed by atoms with van der Waals surface area (Å²) in [6.07, 6.45) is -0.0143. The summed E-state index contributed by atoms with van der Waals surface area (Å²) in [5.41, 5.74) is 6.12. The summed E-state index contributed by atoms with van der Waals surface area (Å²) in [6, 6.07) is 0.0886. The Hall–Kier alpha value is -5.97. The highest BCUT2D eigenvalue weighted by atomic mass is 32.2. The van der Waals surface area contributed by atoms with Crippen molar-refractivity contribution >= 4 is 71.0 Å². The molecule has 2 rings (SSSR count). The van der Waals surface area contributed by atoms with Crippen LogP contribution < -0.4 is 48.3 Å². The number of phenolic OH excluding ortho intramolecular Hbond substituents is 1. The summed E-state index contributed by atoms with van der Waals surface area (Å²) in [6.45, 7) is -2.49. The van der Waals surface area contributed by atoms with Gasteiger partial charge in [-0.25, -0.2) is 0 Å². The van der Waals surface area contributed by atoms with Crippen LogP contribution in [0, 0.1) is 0 Å². The number of carboxylic acids is 2. The van der Waals surface area contributed by atoms with E-state index >= 15 is 0 Å². The van der Waals surface area contributed by atoms with Gasteiger partial charge in [-0.15, -0.1) is 11.8 Å². The smallest absolute Gasteiger partial charge is 0.322 e. The molecule has 1 aliphatic heterocycles. The minimum atomic E-state index is -1.75. The van der Waals surface area contributed by atoms with Crippen LogP contribution >= 0.6 is 11.8 Å². The highest BCUT2D eigenvalue weighted by Gasteiger charge is 2.31. The van der Waals surface area contributed by atoms with Crippen molar-refractivity contribution in [2.45, 2.75) is 56.3 Å². The lowest BCUT2D eigenvalue weighted by Crippen LogP contribution is -2.58. The second kappa shape index (κ2) is 23.6. The molecule has 302 valence electrons. The van der Waals surface area contributed by atoms with Crippen LogP contribution in [0.5, 0.6) is 5.75 Å². The van der Waals surface area contributed by atoms with Gasteiger partial charge in [0.1, 0.15) is 36.5 Å². The van der Waals surface area contributed by atoms with E-state index in [0.717, 1.165) is 11.8 Å². The van der Waals surface area contributed by atoms with E-state index in [1.54, 1.807) is 0 Å². The fourth-order valence-electron chi connectivity index (χ4n) is 4.76. The van der Waals surface area contributed by atoms with Crippen molar-refractivity contribution in [1.29, 1.82) is 0 Å². The number of unbranched alkanes of at least 4 members (excludes halogenated alkanes) is 1. The first-order valence-electron chi connectivity index (χ1n) is 16.9. The summed E-state index contributed by atoms with van der Waals surface area (Å²) in [7, 11) is 0. The number of phenols is 1. The minimum Gasteiger partial charge on any atom is -0.508 e. The van der Waals surface area contributed by atoms with E-state index in [-0.39, 0.29) is 30.1 Å². The number of benzene rings is 1. The summed E-state index contributed by atoms with van der Waals surface area (Å²) < 4.78 is 0. The van der Waals surface area contributed by atoms with Crippen LogP contribution in [-0.4, -0.2) is 143 Å². The molecule has 1 fully saturated rings. The molecule has 22 nitrogen and oxygen atoms in total. The maximum absolute atomic E-state index is 13.6. The molecule has 0 unspecified atom stereocenters. The number of aromatic hydroxyl groups is 1. The van der Waals surface area contributed by atoms with E-state index in [1.165, 1.54) is 24.3 Å². The van der Waals surface area contributed by atoms with Crippen LogP contribution in [0.15, 0.2) is 24.3 Å². The van der Waals surface area contributed by atoms with Gasteiger partial charge in [0.15, 0.2) is 0 Å². The van der Waals surface area contributed by atoms with Crippen LogP contribution in [0.2, 0.25) is 0 Å². The molecule has 0 spiro atoms. The third-order valence-electron chi connectivity index (χ3n) is 7.52. The number of carboxylic acid groups (broad SMARTS) is 2. The van der Waals surface area contributed by atoms with Crippen molar-refractivity contribution in [3.63, 3.8) is 0 Å². The lowest BCUT2D eigenvalue weighted by molar-refractivity contribution is -0.141. The summed E-state index contributed by atoms with van der Waals surface area (Å²) in [5, 5.41) is 46.1. The van der Waals surface area contributed by atoms with Gasteiger partial charge in [-0.2, -0.15) is 0 Å². The Labute approximate surface area is 318 Å². The third-order valence-corrected chi connectivity index (χ3v) is 8.55. The third kappa shape index (κ3) is 18.1. The molecule has 4 atom stereocenters. The second-order valence-corrected chi connectivity index (χ2v) is 13.0. The van der Waals surface area contributed by atoms with Crippen molar-refractivity contribution in [1.82, 2.24) is 42.5 Å². The normalized spacial score (nSPS) is 20.1. The molecule has 0 radical (unpaired) electrons. The largest absolute Gasteiger partial charge is 0.508 e. The van der Waals surface area contributed by atoms with Crippen molar-refractivity contribution in [3.8, 4) is 5.75 Å². The number of nitrogens with one attached hydrogen (secondary N) is 8. The Kier molecular flexibility index (Phi) is 19.4. The number of carbonyl (C=O) groups is 10. The molecule has 1 heterocycles. The van der Waals surface area contributed by atoms with Crippen LogP contribution in [0.25, 0.3) is 0 Å². The standard InChI is InChI=1S/C32H45N9O13S/c33-8-2-1-3-19-29(51)37-13-25(45)38-21(10-27(47)48)32(54)41-22(30(52)36-12-24(44)34-11-23(43)35-14-28(49)50)15-55-16-26(46)39-20(31(53)40-19)9-17-4-6-18(42)7-5-17/h4-7,19-22,42H,1-3,8-16,33H2,(H,34,44)(H,35,43)(H,36,52)(H,37,51)(H,38,45)(H,39,46)(H,40,53)(H,41,54)(H,47,48)(H,49,50)/t19-,20+,21-,22-/m0/s1. The fraction of sp³-hybridized carbons (Fsp3) is 0.500. The first kappa shape index (κ1) is 45.2. The van der Waals surface area contributed by atoms with E-state index in [2.05, 4.69) is 37.2 Å². The van der Waals surface area contributed by atoms with Crippen LogP contribution in [-0.2, 0) is 54.4 Å². The number of aliphatic carboxylic acids is 2. The van der Waals surface area contributed by atoms with Gasteiger partial charge in [0.05, 0.1) is 31.8 Å². The molecular formula is C32H45N9O13S. The quantitative estimate of drug-likeness (QED) is 0.0738. The average Bonchev–Trinajstić information content (AvgIpc) is 3.13. The van der Waals surface area contributed by atoms with E-state index in [0.29, 0.717) is 24.9 Å². The van der Waals surface area contributed by atoms with Gasteiger partial charge < -0.3 is 63.6 Å². The molecule has 1 aromatic carbocycles. The Morgan fingerprint density at radius 3 is 1.98 bits per heavy atom. The highest BCUT2D eigenvalue weighted by molar-refractivity contribution is 8.00. The summed E-state index contributed by atoms with van der Waals surface area (Å²) in [5.74, 6) is -10.7. The fourth-order valence-corrected chi connectivity index (χ4v) is 5.62. The van der Waals surface area contributed by atoms with Crippen LogP contribution in [0.1, 0.15) is 31.2 Å². The molecule has 1 saturated heterocycles. The molecular weight excluding hydrogens is 750 g/mol. The van der Waals surface area contributed by atoms with Gasteiger partial charge in [-0.1, -0.05) is 12.1 Å². The Morgan fingerprint density at radius 1 is 0.727 bits per heavy atom. The predicted octanol–water partition coefficient (Wildman–Crippen LogP) is -5.23. The molecule has 0 aromatic heterocycles. The van der Waals surface area contributed by atoms with E-state index in [1.807, 2.05) is 5.32 Å². The molecule has 8 amide bonds. The lowest BCUT2D eigenvalue weighted by atomic mass is 10.0. The Morgan fingerprint density at radius 2 is 1.35 bits per heavy atom. The van der Waals surface area contributed by atoms with Crippen LogP contribution in [0.3, 0.4) is 0 Å². The van der Waals surface area contributed by atoms with E-state index in [4.69, 9.17) is 10.8 Å². The first-order valence-corrected chi connectivity index (χ1v) is 18.0. The Balaban J connectivity index is 2.32. The molecule has 0 aliphatic carbocycles. The van der Waals surface area contributed by atoms with E-state index < -0.39 is 116 Å². The molecule has 13 N–H and O–H groups in total. The Bertz CT molecular complexity index is 1580. The average molecular weight is 796 g/mol. The maximum atomic E-state index is 13.6. The van der Waals surface area contributed by atoms with Crippen molar-refractivity contribution < 1.29 is 63.3 Å². The summed E-state index contributed by atoms with van der Waals surface area (Å²) >= 11 is 0.808. The lowest BCUT2D eigenvalue weighted by Gasteiger charge is -2.25. The molecule has 0 saturated carbocycles. The van der Waals surface area contributed by atoms with Crippen molar-refractivity contribution in [2.24, 2.45) is 5.73 Å². The van der Waals surface area contributed by atoms with Gasteiger partial charge in [0.25, 0.3) is 0 Å². The van der Waals surface area contributed by atoms with Gasteiger partial charge in [0, 0.05) is 12.2 Å². The molecule has 1 aliphatic rings. The number of rotatable bonds is 15. The number of carbonyl (C=O) groups excluding carboxylic acids is 8. The van der Waals surface area contributed by atoms with Gasteiger partial charge in [-0.05, 0) is 43.5 Å². The zero-order valence-corrected chi connectivity index (χ0v) is 30.3. The molecule has 1 aromatic rings. The predicted molar refractivity (Wildman–Crippen MR) is 192 cm³/mol. The zero-order valence-electron chi connectivity index (χ0n) is 29.5. The number of amides is 8. The number of thioether (sulfide) groups is 1. The van der Waals surface area contributed by atoms with E-state index in [9.17, 15) is 58.2 Å². The second-order valence-electron chi connectivity index (χ2n) is 12.0. The minimum absolute atomic E-state index is 0.0417. The van der Waals surface area contributed by atoms with Crippen molar-refractivity contribution in [2.75, 3.05) is 44.2 Å². The zero-order chi connectivity index (χ0) is 40.9. The van der Waals surface area contributed by atoms with Gasteiger partial charge >= 0.3 is 11.9 Å². The SMILES string of the molecule is NCCCC[C@@H]1NC(=O)[C@@H](Cc2ccc(O)cc2)NC(=O)CSC[C@@H](C(=O)NCC(=O)NCC(=O)NCC(=O)O)NC(=O)[C@H](CC(=O)O)NC(=O)CNC1=O. The molecule has 23 heteroatoms. The van der Waals surface area contributed by atoms with Gasteiger partial charge in [0.2, 0.25) is 47.3 Å². The maximum Gasteiger partial charge on any atom is 0.322 e. The number of hydrogen-bond donors (Lipinski definition) is 12.